The molecule has 1 aliphatic heterocycles. The maximum Gasteiger partial charge on any atom is 0.329 e. The van der Waals surface area contributed by atoms with Crippen molar-refractivity contribution in [2.45, 2.75) is 32.7 Å². The summed E-state index contributed by atoms with van der Waals surface area (Å²) in [6, 6.07) is 2.13. The molecule has 0 radical (unpaired) electrons. The zero-order valence-corrected chi connectivity index (χ0v) is 14.0. The molecule has 2 aromatic heterocycles. The van der Waals surface area contributed by atoms with Crippen LogP contribution in [0.5, 0.6) is 0 Å². The van der Waals surface area contributed by atoms with E-state index in [1.807, 2.05) is 27.0 Å². The van der Waals surface area contributed by atoms with Crippen LogP contribution in [-0.4, -0.2) is 56.6 Å². The van der Waals surface area contributed by atoms with Gasteiger partial charge in [-0.2, -0.15) is 0 Å². The average molecular weight is 316 g/mol. The van der Waals surface area contributed by atoms with Gasteiger partial charge in [-0.3, -0.25) is 4.57 Å². The molecule has 7 nitrogen and oxygen atoms in total. The minimum absolute atomic E-state index is 0.0343. The monoisotopic (exact) mass is 316 g/mol. The van der Waals surface area contributed by atoms with Crippen molar-refractivity contribution in [1.82, 2.24) is 24.4 Å². The summed E-state index contributed by atoms with van der Waals surface area (Å²) in [7, 11) is 1.85. The average Bonchev–Trinajstić information content (AvgIpc) is 3.18. The first-order chi connectivity index (χ1) is 11.3. The molecule has 0 N–H and O–H groups in total. The van der Waals surface area contributed by atoms with Gasteiger partial charge in [0.25, 0.3) is 0 Å². The van der Waals surface area contributed by atoms with Crippen LogP contribution in [-0.2, 0) is 0 Å². The quantitative estimate of drug-likeness (QED) is 0.850. The van der Waals surface area contributed by atoms with Gasteiger partial charge < -0.3 is 9.80 Å². The van der Waals surface area contributed by atoms with Crippen molar-refractivity contribution in [2.75, 3.05) is 25.0 Å². The van der Waals surface area contributed by atoms with E-state index in [4.69, 9.17) is 0 Å². The number of amides is 1. The summed E-state index contributed by atoms with van der Waals surface area (Å²) >= 11 is 0. The predicted octanol–water partition coefficient (Wildman–Crippen LogP) is 2.27. The van der Waals surface area contributed by atoms with Crippen LogP contribution in [0.3, 0.4) is 0 Å². The molecule has 2 aromatic rings. The van der Waals surface area contributed by atoms with Gasteiger partial charge in [-0.15, -0.1) is 0 Å². The topological polar surface area (TPSA) is 67.2 Å². The fourth-order valence-corrected chi connectivity index (χ4v) is 2.66. The lowest BCUT2D eigenvalue weighted by Crippen LogP contribution is -2.46. The number of imidazole rings is 1. The van der Waals surface area contributed by atoms with Gasteiger partial charge in [0.1, 0.15) is 18.5 Å². The largest absolute Gasteiger partial charge is 0.356 e. The molecule has 0 saturated carbocycles. The van der Waals surface area contributed by atoms with Crippen LogP contribution >= 0.6 is 0 Å². The van der Waals surface area contributed by atoms with Gasteiger partial charge in [0.15, 0.2) is 0 Å². The molecule has 124 valence electrons. The molecule has 1 aliphatic rings. The van der Waals surface area contributed by atoms with E-state index < -0.39 is 0 Å². The fraction of sp³-hybridized carbons (Fsp3) is 0.500. The molecule has 23 heavy (non-hydrogen) atoms. The van der Waals surface area contributed by atoms with Crippen molar-refractivity contribution in [3.05, 3.63) is 37.3 Å². The Bertz CT molecular complexity index is 578. The first kappa shape index (κ1) is 16.9. The van der Waals surface area contributed by atoms with Gasteiger partial charge in [0, 0.05) is 44.8 Å². The highest BCUT2D eigenvalue weighted by atomic mass is 16.2. The highest BCUT2D eigenvalue weighted by Crippen LogP contribution is 2.20. The summed E-state index contributed by atoms with van der Waals surface area (Å²) in [6.07, 6.45) is 10.0. The summed E-state index contributed by atoms with van der Waals surface area (Å²) in [4.78, 5) is 28.4. The molecular weight excluding hydrogens is 292 g/mol. The minimum Gasteiger partial charge on any atom is -0.356 e. The van der Waals surface area contributed by atoms with E-state index in [0.717, 1.165) is 31.7 Å². The van der Waals surface area contributed by atoms with Gasteiger partial charge in [0.2, 0.25) is 0 Å². The Morgan fingerprint density at radius 1 is 1.22 bits per heavy atom. The van der Waals surface area contributed by atoms with E-state index in [2.05, 4.69) is 19.9 Å². The zero-order chi connectivity index (χ0) is 16.7. The molecule has 1 saturated heterocycles. The number of carbonyl (C=O) groups is 1. The van der Waals surface area contributed by atoms with Gasteiger partial charge in [-0.1, -0.05) is 13.8 Å². The maximum absolute atomic E-state index is 12.3. The molecule has 0 spiro atoms. The molecule has 0 aliphatic carbocycles. The van der Waals surface area contributed by atoms with Crippen LogP contribution in [0.4, 0.5) is 10.6 Å². The standard InChI is InChI=1S/C14H18N6O.C2H6/c1-18(14(21)20-9-6-16-11-20)12-3-7-19(8-4-12)13-2-5-15-10-17-13;1-2/h2,5-6,9-12H,3-4,7-8H2,1H3;1-2H3. The highest BCUT2D eigenvalue weighted by Gasteiger charge is 2.26. The minimum atomic E-state index is -0.0343. The van der Waals surface area contributed by atoms with Gasteiger partial charge in [0.05, 0.1) is 0 Å². The molecule has 3 rings (SSSR count). The van der Waals surface area contributed by atoms with Crippen molar-refractivity contribution in [1.29, 1.82) is 0 Å². The molecule has 0 bridgehead atoms. The van der Waals surface area contributed by atoms with Crippen LogP contribution in [0, 0.1) is 0 Å². The van der Waals surface area contributed by atoms with E-state index in [9.17, 15) is 4.79 Å². The lowest BCUT2D eigenvalue weighted by atomic mass is 10.0. The predicted molar refractivity (Wildman–Crippen MR) is 89.4 cm³/mol. The van der Waals surface area contributed by atoms with E-state index in [1.165, 1.54) is 10.9 Å². The summed E-state index contributed by atoms with van der Waals surface area (Å²) in [5, 5.41) is 0. The number of rotatable bonds is 2. The fourth-order valence-electron chi connectivity index (χ4n) is 2.66. The third-order valence-corrected chi connectivity index (χ3v) is 3.93. The first-order valence-corrected chi connectivity index (χ1v) is 8.02. The molecule has 0 unspecified atom stereocenters. The third-order valence-electron chi connectivity index (χ3n) is 3.93. The number of hydrogen-bond donors (Lipinski definition) is 0. The molecule has 1 amide bonds. The van der Waals surface area contributed by atoms with Crippen molar-refractivity contribution < 1.29 is 4.79 Å². The summed E-state index contributed by atoms with van der Waals surface area (Å²) in [5.41, 5.74) is 0. The number of anilines is 1. The van der Waals surface area contributed by atoms with Crippen LogP contribution in [0.2, 0.25) is 0 Å². The third kappa shape index (κ3) is 4.06. The van der Waals surface area contributed by atoms with Crippen LogP contribution in [0.15, 0.2) is 37.3 Å². The van der Waals surface area contributed by atoms with E-state index in [0.29, 0.717) is 0 Å². The lowest BCUT2D eigenvalue weighted by molar-refractivity contribution is 0.181. The second-order valence-corrected chi connectivity index (χ2v) is 5.15. The second kappa shape index (κ2) is 8.26. The number of piperidine rings is 1. The van der Waals surface area contributed by atoms with Crippen molar-refractivity contribution in [3.8, 4) is 0 Å². The Labute approximate surface area is 137 Å². The Kier molecular flexibility index (Phi) is 6.08. The van der Waals surface area contributed by atoms with Gasteiger partial charge in [-0.05, 0) is 18.9 Å². The van der Waals surface area contributed by atoms with E-state index in [1.54, 1.807) is 29.8 Å². The van der Waals surface area contributed by atoms with E-state index >= 15 is 0 Å². The number of hydrogen-bond acceptors (Lipinski definition) is 5. The SMILES string of the molecule is CC.CN(C(=O)n1ccnc1)C1CCN(c2ccncn2)CC1. The maximum atomic E-state index is 12.3. The van der Waals surface area contributed by atoms with Crippen molar-refractivity contribution >= 4 is 11.8 Å². The van der Waals surface area contributed by atoms with Gasteiger partial charge in [-0.25, -0.2) is 19.7 Å². The Hall–Kier alpha value is -2.44. The molecule has 0 aromatic carbocycles. The van der Waals surface area contributed by atoms with Crippen LogP contribution < -0.4 is 4.90 Å². The van der Waals surface area contributed by atoms with E-state index in [-0.39, 0.29) is 12.1 Å². The smallest absolute Gasteiger partial charge is 0.329 e. The Balaban J connectivity index is 0.000000924. The summed E-state index contributed by atoms with van der Waals surface area (Å²) < 4.78 is 1.51. The summed E-state index contributed by atoms with van der Waals surface area (Å²) in [6.45, 7) is 5.78. The molecule has 1 fully saturated rings. The normalized spacial score (nSPS) is 14.8. The molecule has 0 atom stereocenters. The zero-order valence-electron chi connectivity index (χ0n) is 14.0. The summed E-state index contributed by atoms with van der Waals surface area (Å²) in [5.74, 6) is 0.951. The van der Waals surface area contributed by atoms with Gasteiger partial charge >= 0.3 is 6.03 Å². The molecule has 7 heteroatoms. The number of carbonyl (C=O) groups excluding carboxylic acids is 1. The Morgan fingerprint density at radius 3 is 2.52 bits per heavy atom. The number of aromatic nitrogens is 4. The van der Waals surface area contributed by atoms with Crippen LogP contribution in [0.1, 0.15) is 26.7 Å². The van der Waals surface area contributed by atoms with Crippen molar-refractivity contribution in [2.24, 2.45) is 0 Å². The molecular formula is C16H24N6O. The second-order valence-electron chi connectivity index (χ2n) is 5.15. The lowest BCUT2D eigenvalue weighted by Gasteiger charge is -2.37. The van der Waals surface area contributed by atoms with Crippen molar-refractivity contribution in [3.63, 3.8) is 0 Å². The first-order valence-electron chi connectivity index (χ1n) is 8.02. The highest BCUT2D eigenvalue weighted by molar-refractivity contribution is 5.76. The Morgan fingerprint density at radius 2 is 1.96 bits per heavy atom. The number of nitrogens with zero attached hydrogens (tertiary/aromatic N) is 6. The van der Waals surface area contributed by atoms with Crippen LogP contribution in [0.25, 0.3) is 0 Å². The molecule has 3 heterocycles.